The Hall–Kier alpha value is -0.560. The normalized spacial score (nSPS) is 11.3. The molecule has 0 saturated heterocycles. The highest BCUT2D eigenvalue weighted by molar-refractivity contribution is 4.95. The van der Waals surface area contributed by atoms with Crippen molar-refractivity contribution in [2.45, 2.75) is 57.4 Å². The summed E-state index contributed by atoms with van der Waals surface area (Å²) in [5.74, 6) is 0. The molecule has 0 saturated carbocycles. The molecule has 0 aliphatic heterocycles. The van der Waals surface area contributed by atoms with Crippen LogP contribution in [0.2, 0.25) is 0 Å². The standard InChI is InChI=1S/C13H25N/c1-4-7-8-9-12-13(14,10-5-2)11-6-3/h5-6H,2-4,7-12,14H2,1H3. The van der Waals surface area contributed by atoms with Crippen molar-refractivity contribution in [3.8, 4) is 0 Å². The van der Waals surface area contributed by atoms with Crippen LogP contribution in [-0.4, -0.2) is 5.54 Å². The Labute approximate surface area is 89.1 Å². The van der Waals surface area contributed by atoms with E-state index in [4.69, 9.17) is 5.73 Å². The third-order valence-electron chi connectivity index (χ3n) is 2.63. The highest BCUT2D eigenvalue weighted by atomic mass is 14.7. The summed E-state index contributed by atoms with van der Waals surface area (Å²) in [6, 6.07) is 0. The molecule has 0 bridgehead atoms. The summed E-state index contributed by atoms with van der Waals surface area (Å²) in [6.45, 7) is 9.74. The average molecular weight is 195 g/mol. The van der Waals surface area contributed by atoms with E-state index in [1.54, 1.807) is 0 Å². The van der Waals surface area contributed by atoms with Gasteiger partial charge in [0.25, 0.3) is 0 Å². The van der Waals surface area contributed by atoms with Crippen LogP contribution in [0.15, 0.2) is 25.3 Å². The molecule has 0 amide bonds. The maximum Gasteiger partial charge on any atom is 0.0223 e. The molecule has 0 aromatic rings. The van der Waals surface area contributed by atoms with Gasteiger partial charge in [-0.3, -0.25) is 0 Å². The van der Waals surface area contributed by atoms with Gasteiger partial charge in [0.1, 0.15) is 0 Å². The van der Waals surface area contributed by atoms with E-state index in [0.29, 0.717) is 0 Å². The molecule has 0 rings (SSSR count). The van der Waals surface area contributed by atoms with Crippen LogP contribution in [0, 0.1) is 0 Å². The Morgan fingerprint density at radius 1 is 1.07 bits per heavy atom. The lowest BCUT2D eigenvalue weighted by atomic mass is 9.86. The van der Waals surface area contributed by atoms with E-state index in [9.17, 15) is 0 Å². The van der Waals surface area contributed by atoms with E-state index in [0.717, 1.165) is 19.3 Å². The zero-order valence-electron chi connectivity index (χ0n) is 9.60. The molecule has 0 aliphatic carbocycles. The second-order valence-electron chi connectivity index (χ2n) is 4.16. The smallest absolute Gasteiger partial charge is 0.0223 e. The molecule has 0 unspecified atom stereocenters. The molecule has 82 valence electrons. The predicted octanol–water partition coefficient (Wildman–Crippen LogP) is 3.81. The molecule has 0 heterocycles. The van der Waals surface area contributed by atoms with Gasteiger partial charge in [0.15, 0.2) is 0 Å². The van der Waals surface area contributed by atoms with Crippen LogP contribution in [0.25, 0.3) is 0 Å². The summed E-state index contributed by atoms with van der Waals surface area (Å²) in [5, 5.41) is 0. The SMILES string of the molecule is C=CCC(N)(CC=C)CCCCCC. The van der Waals surface area contributed by atoms with Crippen molar-refractivity contribution in [2.75, 3.05) is 0 Å². The molecule has 1 heteroatoms. The van der Waals surface area contributed by atoms with Gasteiger partial charge >= 0.3 is 0 Å². The molecule has 14 heavy (non-hydrogen) atoms. The molecule has 0 radical (unpaired) electrons. The molecular formula is C13H25N. The van der Waals surface area contributed by atoms with Crippen LogP contribution >= 0.6 is 0 Å². The third kappa shape index (κ3) is 5.98. The van der Waals surface area contributed by atoms with E-state index in [1.165, 1.54) is 25.7 Å². The van der Waals surface area contributed by atoms with E-state index in [-0.39, 0.29) is 5.54 Å². The summed E-state index contributed by atoms with van der Waals surface area (Å²) in [7, 11) is 0. The average Bonchev–Trinajstić information content (AvgIpc) is 2.13. The number of hydrogen-bond donors (Lipinski definition) is 1. The molecule has 0 fully saturated rings. The van der Waals surface area contributed by atoms with Crippen molar-refractivity contribution in [1.29, 1.82) is 0 Å². The van der Waals surface area contributed by atoms with Crippen molar-refractivity contribution >= 4 is 0 Å². The lowest BCUT2D eigenvalue weighted by Gasteiger charge is -2.27. The zero-order valence-corrected chi connectivity index (χ0v) is 9.60. The first kappa shape index (κ1) is 13.4. The van der Waals surface area contributed by atoms with E-state index in [2.05, 4.69) is 20.1 Å². The number of nitrogens with two attached hydrogens (primary N) is 1. The quantitative estimate of drug-likeness (QED) is 0.439. The predicted molar refractivity (Wildman–Crippen MR) is 65.3 cm³/mol. The van der Waals surface area contributed by atoms with Crippen LogP contribution in [0.1, 0.15) is 51.9 Å². The Balaban J connectivity index is 3.82. The Morgan fingerprint density at radius 3 is 2.07 bits per heavy atom. The van der Waals surface area contributed by atoms with Gasteiger partial charge in [-0.15, -0.1) is 13.2 Å². The van der Waals surface area contributed by atoms with Gasteiger partial charge in [-0.1, -0.05) is 44.8 Å². The lowest BCUT2D eigenvalue weighted by molar-refractivity contribution is 0.381. The van der Waals surface area contributed by atoms with Gasteiger partial charge in [0, 0.05) is 5.54 Å². The molecule has 0 spiro atoms. The summed E-state index contributed by atoms with van der Waals surface area (Å²) in [6.07, 6.45) is 11.8. The zero-order chi connectivity index (χ0) is 10.9. The van der Waals surface area contributed by atoms with Crippen molar-refractivity contribution < 1.29 is 0 Å². The molecular weight excluding hydrogens is 170 g/mol. The number of hydrogen-bond acceptors (Lipinski definition) is 1. The second kappa shape index (κ2) is 7.81. The van der Waals surface area contributed by atoms with Crippen LogP contribution in [0.3, 0.4) is 0 Å². The van der Waals surface area contributed by atoms with Crippen molar-refractivity contribution in [3.63, 3.8) is 0 Å². The molecule has 2 N–H and O–H groups in total. The van der Waals surface area contributed by atoms with Gasteiger partial charge in [0.05, 0.1) is 0 Å². The van der Waals surface area contributed by atoms with Crippen LogP contribution in [0.4, 0.5) is 0 Å². The van der Waals surface area contributed by atoms with E-state index >= 15 is 0 Å². The fraction of sp³-hybridized carbons (Fsp3) is 0.692. The first-order valence-corrected chi connectivity index (χ1v) is 5.69. The molecule has 0 aromatic heterocycles. The first-order chi connectivity index (χ1) is 6.68. The minimum Gasteiger partial charge on any atom is -0.325 e. The van der Waals surface area contributed by atoms with Gasteiger partial charge in [0.2, 0.25) is 0 Å². The summed E-state index contributed by atoms with van der Waals surface area (Å²) in [5.41, 5.74) is 6.17. The molecule has 0 atom stereocenters. The monoisotopic (exact) mass is 195 g/mol. The second-order valence-corrected chi connectivity index (χ2v) is 4.16. The Morgan fingerprint density at radius 2 is 1.64 bits per heavy atom. The maximum atomic E-state index is 6.26. The largest absolute Gasteiger partial charge is 0.325 e. The van der Waals surface area contributed by atoms with E-state index in [1.807, 2.05) is 12.2 Å². The maximum absolute atomic E-state index is 6.26. The Bertz CT molecular complexity index is 151. The first-order valence-electron chi connectivity index (χ1n) is 5.69. The topological polar surface area (TPSA) is 26.0 Å². The van der Waals surface area contributed by atoms with Gasteiger partial charge in [-0.05, 0) is 19.3 Å². The number of unbranched alkanes of at least 4 members (excludes halogenated alkanes) is 3. The highest BCUT2D eigenvalue weighted by Crippen LogP contribution is 2.21. The van der Waals surface area contributed by atoms with Gasteiger partial charge in [-0.25, -0.2) is 0 Å². The van der Waals surface area contributed by atoms with Gasteiger partial charge < -0.3 is 5.73 Å². The van der Waals surface area contributed by atoms with Crippen molar-refractivity contribution in [2.24, 2.45) is 5.73 Å². The molecule has 1 nitrogen and oxygen atoms in total. The van der Waals surface area contributed by atoms with Gasteiger partial charge in [-0.2, -0.15) is 0 Å². The van der Waals surface area contributed by atoms with Crippen molar-refractivity contribution in [1.82, 2.24) is 0 Å². The van der Waals surface area contributed by atoms with Crippen LogP contribution in [0.5, 0.6) is 0 Å². The minimum absolute atomic E-state index is 0.0861. The van der Waals surface area contributed by atoms with E-state index < -0.39 is 0 Å². The van der Waals surface area contributed by atoms with Crippen LogP contribution in [-0.2, 0) is 0 Å². The summed E-state index contributed by atoms with van der Waals surface area (Å²) >= 11 is 0. The fourth-order valence-electron chi connectivity index (χ4n) is 1.77. The molecule has 0 aromatic carbocycles. The third-order valence-corrected chi connectivity index (χ3v) is 2.63. The lowest BCUT2D eigenvalue weighted by Crippen LogP contribution is -2.38. The summed E-state index contributed by atoms with van der Waals surface area (Å²) < 4.78 is 0. The fourth-order valence-corrected chi connectivity index (χ4v) is 1.77. The minimum atomic E-state index is -0.0861. The summed E-state index contributed by atoms with van der Waals surface area (Å²) in [4.78, 5) is 0. The van der Waals surface area contributed by atoms with Crippen LogP contribution < -0.4 is 5.73 Å². The highest BCUT2D eigenvalue weighted by Gasteiger charge is 2.20. The number of rotatable bonds is 9. The Kier molecular flexibility index (Phi) is 7.50. The molecule has 0 aliphatic rings. The van der Waals surface area contributed by atoms with Crippen molar-refractivity contribution in [3.05, 3.63) is 25.3 Å².